The Kier molecular flexibility index (Phi) is 7.06. The first-order valence-electron chi connectivity index (χ1n) is 9.24. The Labute approximate surface area is 183 Å². The number of halogens is 1. The molecule has 1 saturated heterocycles. The Balaban J connectivity index is 2.15. The fourth-order valence-corrected chi connectivity index (χ4v) is 3.94. The number of rotatable bonds is 6. The molecule has 1 aromatic carbocycles. The van der Waals surface area contributed by atoms with Crippen LogP contribution in [0.1, 0.15) is 13.2 Å². The first-order valence-corrected chi connectivity index (χ1v) is 10.0. The Bertz CT molecular complexity index is 994. The average Bonchev–Trinajstić information content (AvgIpc) is 3.02. The molecule has 30 heavy (non-hydrogen) atoms. The fraction of sp³-hybridized carbons (Fsp3) is 0.421. The maximum atomic E-state index is 11.7. The van der Waals surface area contributed by atoms with Crippen molar-refractivity contribution in [3.05, 3.63) is 46.7 Å². The van der Waals surface area contributed by atoms with Crippen LogP contribution in [-0.4, -0.2) is 66.5 Å². The molecule has 2 aromatic rings. The number of carbonyl (C=O) groups excluding carboxylic acids is 1. The van der Waals surface area contributed by atoms with Crippen LogP contribution in [0, 0.1) is 4.77 Å². The molecule has 11 heteroatoms. The summed E-state index contributed by atoms with van der Waals surface area (Å²) in [5.41, 5.74) is 0.622. The lowest BCUT2D eigenvalue weighted by Crippen LogP contribution is -2.62. The van der Waals surface area contributed by atoms with Crippen molar-refractivity contribution >= 4 is 29.7 Å². The quantitative estimate of drug-likeness (QED) is 0.380. The van der Waals surface area contributed by atoms with Gasteiger partial charge in [-0.05, 0) is 24.4 Å². The van der Waals surface area contributed by atoms with E-state index in [2.05, 4.69) is 17.0 Å². The zero-order valence-corrected chi connectivity index (χ0v) is 17.8. The fourth-order valence-electron chi connectivity index (χ4n) is 3.41. The predicted molar refractivity (Wildman–Crippen MR) is 112 cm³/mol. The molecule has 1 aliphatic rings. The lowest BCUT2D eigenvalue weighted by atomic mass is 9.96. The van der Waals surface area contributed by atoms with E-state index < -0.39 is 43.1 Å². The second-order valence-corrected chi connectivity index (χ2v) is 7.66. The van der Waals surface area contributed by atoms with Crippen molar-refractivity contribution in [3.8, 4) is 11.4 Å². The van der Waals surface area contributed by atoms with Crippen molar-refractivity contribution < 1.29 is 24.9 Å². The number of amides is 1. The minimum absolute atomic E-state index is 0.227. The first-order chi connectivity index (χ1) is 14.3. The summed E-state index contributed by atoms with van der Waals surface area (Å²) < 4.78 is 9.04. The van der Waals surface area contributed by atoms with Gasteiger partial charge in [0, 0.05) is 19.0 Å². The smallest absolute Gasteiger partial charge is 0.217 e. The van der Waals surface area contributed by atoms with Crippen LogP contribution < -0.4 is 5.32 Å². The molecule has 3 rings (SSSR count). The summed E-state index contributed by atoms with van der Waals surface area (Å²) in [6, 6.07) is 6.04. The van der Waals surface area contributed by atoms with Gasteiger partial charge < -0.3 is 25.4 Å². The van der Waals surface area contributed by atoms with E-state index in [0.717, 1.165) is 0 Å². The molecule has 0 saturated carbocycles. The average molecular weight is 455 g/mol. The van der Waals surface area contributed by atoms with E-state index in [4.69, 9.17) is 28.6 Å². The van der Waals surface area contributed by atoms with Gasteiger partial charge in [0.1, 0.15) is 24.4 Å². The molecule has 5 unspecified atom stereocenters. The SMILES string of the molecule is C=CCn1c(-c2ccccc2Cl)nn(C2OC(CO)C(O)C(O)C2NC(C)=O)c1=S. The number of aromatic nitrogens is 3. The minimum Gasteiger partial charge on any atom is -0.394 e. The summed E-state index contributed by atoms with van der Waals surface area (Å²) in [7, 11) is 0. The van der Waals surface area contributed by atoms with Gasteiger partial charge in [-0.15, -0.1) is 11.7 Å². The maximum Gasteiger partial charge on any atom is 0.217 e. The monoisotopic (exact) mass is 454 g/mol. The molecule has 1 fully saturated rings. The molecule has 2 heterocycles. The van der Waals surface area contributed by atoms with Gasteiger partial charge in [0.15, 0.2) is 12.1 Å². The lowest BCUT2D eigenvalue weighted by molar-refractivity contribution is -0.219. The molecule has 0 radical (unpaired) electrons. The number of nitrogens with zero attached hydrogens (tertiary/aromatic N) is 3. The molecule has 1 amide bonds. The van der Waals surface area contributed by atoms with E-state index in [1.54, 1.807) is 34.9 Å². The van der Waals surface area contributed by atoms with Gasteiger partial charge in [-0.1, -0.05) is 29.8 Å². The maximum absolute atomic E-state index is 11.7. The van der Waals surface area contributed by atoms with Crippen molar-refractivity contribution in [2.45, 2.75) is 44.1 Å². The Hall–Kier alpha value is -2.08. The summed E-state index contributed by atoms with van der Waals surface area (Å²) in [6.45, 7) is 4.81. The molecule has 4 N–H and O–H groups in total. The molecule has 1 aliphatic heterocycles. The highest BCUT2D eigenvalue weighted by Gasteiger charge is 2.46. The lowest BCUT2D eigenvalue weighted by Gasteiger charge is -2.42. The molecular weight excluding hydrogens is 432 g/mol. The summed E-state index contributed by atoms with van der Waals surface area (Å²) in [6.07, 6.45) is -3.35. The third-order valence-electron chi connectivity index (χ3n) is 4.82. The van der Waals surface area contributed by atoms with Gasteiger partial charge >= 0.3 is 0 Å². The van der Waals surface area contributed by atoms with Crippen molar-refractivity contribution in [2.75, 3.05) is 6.61 Å². The normalized spacial score (nSPS) is 26.4. The van der Waals surface area contributed by atoms with Crippen LogP contribution in [0.25, 0.3) is 11.4 Å². The van der Waals surface area contributed by atoms with Crippen LogP contribution in [0.3, 0.4) is 0 Å². The second-order valence-electron chi connectivity index (χ2n) is 6.89. The third kappa shape index (κ3) is 4.20. The summed E-state index contributed by atoms with van der Waals surface area (Å²) in [5, 5.41) is 38.0. The van der Waals surface area contributed by atoms with Gasteiger partial charge in [-0.25, -0.2) is 4.68 Å². The zero-order valence-electron chi connectivity index (χ0n) is 16.2. The van der Waals surface area contributed by atoms with Gasteiger partial charge in [-0.2, -0.15) is 0 Å². The molecule has 1 aromatic heterocycles. The highest BCUT2D eigenvalue weighted by molar-refractivity contribution is 7.71. The van der Waals surface area contributed by atoms with E-state index in [0.29, 0.717) is 23.0 Å². The zero-order chi connectivity index (χ0) is 22.0. The van der Waals surface area contributed by atoms with Crippen molar-refractivity contribution in [3.63, 3.8) is 0 Å². The highest BCUT2D eigenvalue weighted by Crippen LogP contribution is 2.32. The molecule has 0 spiro atoms. The Morgan fingerprint density at radius 1 is 1.40 bits per heavy atom. The molecule has 0 bridgehead atoms. The number of carbonyl (C=O) groups is 1. The van der Waals surface area contributed by atoms with Crippen LogP contribution in [0.4, 0.5) is 0 Å². The van der Waals surface area contributed by atoms with Gasteiger partial charge in [0.05, 0.1) is 11.6 Å². The molecule has 5 atom stereocenters. The summed E-state index contributed by atoms with van der Waals surface area (Å²) >= 11 is 11.9. The number of benzene rings is 1. The van der Waals surface area contributed by atoms with E-state index in [-0.39, 0.29) is 4.77 Å². The number of allylic oxidation sites excluding steroid dienone is 1. The number of nitrogens with one attached hydrogen (secondary N) is 1. The van der Waals surface area contributed by atoms with Gasteiger partial charge in [0.25, 0.3) is 0 Å². The van der Waals surface area contributed by atoms with Crippen molar-refractivity contribution in [2.24, 2.45) is 0 Å². The van der Waals surface area contributed by atoms with E-state index >= 15 is 0 Å². The second kappa shape index (κ2) is 9.38. The molecule has 162 valence electrons. The molecular formula is C19H23ClN4O5S. The minimum atomic E-state index is -1.42. The van der Waals surface area contributed by atoms with Crippen LogP contribution in [0.15, 0.2) is 36.9 Å². The Morgan fingerprint density at radius 2 is 2.10 bits per heavy atom. The van der Waals surface area contributed by atoms with Crippen LogP contribution in [0.2, 0.25) is 5.02 Å². The number of aliphatic hydroxyl groups excluding tert-OH is 3. The first kappa shape index (κ1) is 22.6. The van der Waals surface area contributed by atoms with E-state index in [1.807, 2.05) is 0 Å². The number of hydrogen-bond acceptors (Lipinski definition) is 7. The number of aliphatic hydroxyl groups is 3. The third-order valence-corrected chi connectivity index (χ3v) is 5.56. The standard InChI is InChI=1S/C19H23ClN4O5S/c1-3-8-23-17(11-6-4-5-7-12(11)20)22-24(19(23)30)18-14(21-10(2)26)16(28)15(27)13(9-25)29-18/h3-7,13-16,18,25,27-28H,1,8-9H2,2H3,(H,21,26). The topological polar surface area (TPSA) is 122 Å². The highest BCUT2D eigenvalue weighted by atomic mass is 35.5. The van der Waals surface area contributed by atoms with Crippen LogP contribution >= 0.6 is 23.8 Å². The van der Waals surface area contributed by atoms with Crippen molar-refractivity contribution in [1.82, 2.24) is 19.7 Å². The summed E-state index contributed by atoms with van der Waals surface area (Å²) in [4.78, 5) is 11.7. The van der Waals surface area contributed by atoms with E-state index in [1.165, 1.54) is 11.6 Å². The number of ether oxygens (including phenoxy) is 1. The Morgan fingerprint density at radius 3 is 2.70 bits per heavy atom. The van der Waals surface area contributed by atoms with Gasteiger partial charge in [0.2, 0.25) is 10.7 Å². The van der Waals surface area contributed by atoms with Crippen LogP contribution in [0.5, 0.6) is 0 Å². The van der Waals surface area contributed by atoms with E-state index in [9.17, 15) is 20.1 Å². The predicted octanol–water partition coefficient (Wildman–Crippen LogP) is 1.04. The van der Waals surface area contributed by atoms with Crippen molar-refractivity contribution in [1.29, 1.82) is 0 Å². The number of hydrogen-bond donors (Lipinski definition) is 4. The van der Waals surface area contributed by atoms with Gasteiger partial charge in [-0.3, -0.25) is 9.36 Å². The van der Waals surface area contributed by atoms with Crippen LogP contribution in [-0.2, 0) is 16.1 Å². The molecule has 0 aliphatic carbocycles. The largest absolute Gasteiger partial charge is 0.394 e. The molecule has 9 nitrogen and oxygen atoms in total. The summed E-state index contributed by atoms with van der Waals surface area (Å²) in [5.74, 6) is 0.00232.